The molecule has 1 heterocycles. The Bertz CT molecular complexity index is 622. The average molecular weight is 346 g/mol. The van der Waals surface area contributed by atoms with Gasteiger partial charge in [-0.3, -0.25) is 14.4 Å². The van der Waals surface area contributed by atoms with Crippen molar-refractivity contribution >= 4 is 17.8 Å². The van der Waals surface area contributed by atoms with E-state index in [0.29, 0.717) is 19.5 Å². The first-order valence-electron chi connectivity index (χ1n) is 8.67. The third-order valence-electron chi connectivity index (χ3n) is 4.43. The number of nitrogens with one attached hydrogen (secondary N) is 1. The molecular formula is C19H26N2O4. The van der Waals surface area contributed by atoms with E-state index in [-0.39, 0.29) is 36.7 Å². The molecule has 2 rings (SSSR count). The van der Waals surface area contributed by atoms with Crippen molar-refractivity contribution < 1.29 is 19.1 Å². The van der Waals surface area contributed by atoms with Crippen molar-refractivity contribution in [1.29, 1.82) is 0 Å². The first-order chi connectivity index (χ1) is 12.0. The Morgan fingerprint density at radius 1 is 1.20 bits per heavy atom. The molecule has 6 heteroatoms. The highest BCUT2D eigenvalue weighted by atomic mass is 16.5. The molecule has 6 nitrogen and oxygen atoms in total. The van der Waals surface area contributed by atoms with E-state index in [0.717, 1.165) is 24.0 Å². The van der Waals surface area contributed by atoms with Crippen LogP contribution in [-0.2, 0) is 25.5 Å². The van der Waals surface area contributed by atoms with E-state index in [4.69, 9.17) is 0 Å². The average Bonchev–Trinajstić information content (AvgIpc) is 2.60. The smallest absolute Gasteiger partial charge is 0.306 e. The summed E-state index contributed by atoms with van der Waals surface area (Å²) < 4.78 is 4.52. The largest absolute Gasteiger partial charge is 0.469 e. The minimum absolute atomic E-state index is 0.0631. The fourth-order valence-corrected chi connectivity index (χ4v) is 3.00. The van der Waals surface area contributed by atoms with E-state index in [1.807, 2.05) is 36.1 Å². The van der Waals surface area contributed by atoms with Gasteiger partial charge in [0.1, 0.15) is 0 Å². The van der Waals surface area contributed by atoms with Gasteiger partial charge in [0.25, 0.3) is 0 Å². The Hall–Kier alpha value is -2.37. The molecule has 0 spiro atoms. The summed E-state index contributed by atoms with van der Waals surface area (Å²) in [6.07, 6.45) is 2.13. The lowest BCUT2D eigenvalue weighted by molar-refractivity contribution is -0.142. The molecule has 0 unspecified atom stereocenters. The van der Waals surface area contributed by atoms with E-state index >= 15 is 0 Å². The topological polar surface area (TPSA) is 75.7 Å². The number of carbonyl (C=O) groups is 3. The van der Waals surface area contributed by atoms with Crippen LogP contribution in [0, 0.1) is 6.92 Å². The predicted molar refractivity (Wildman–Crippen MR) is 93.9 cm³/mol. The summed E-state index contributed by atoms with van der Waals surface area (Å²) in [5, 5.41) is 2.93. The normalized spacial score (nSPS) is 14.9. The summed E-state index contributed by atoms with van der Waals surface area (Å²) in [6, 6.07) is 8.05. The van der Waals surface area contributed by atoms with E-state index in [1.54, 1.807) is 0 Å². The summed E-state index contributed by atoms with van der Waals surface area (Å²) in [5.41, 5.74) is 2.18. The number of carbonyl (C=O) groups excluding carboxylic acids is 3. The van der Waals surface area contributed by atoms with Gasteiger partial charge in [0, 0.05) is 25.6 Å². The van der Waals surface area contributed by atoms with Gasteiger partial charge in [-0.15, -0.1) is 0 Å². The highest BCUT2D eigenvalue weighted by Crippen LogP contribution is 2.13. The Balaban J connectivity index is 1.72. The lowest BCUT2D eigenvalue weighted by Crippen LogP contribution is -2.47. The number of nitrogens with zero attached hydrogens (tertiary/aromatic N) is 1. The second-order valence-corrected chi connectivity index (χ2v) is 6.46. The van der Waals surface area contributed by atoms with Crippen molar-refractivity contribution in [2.75, 3.05) is 20.2 Å². The van der Waals surface area contributed by atoms with Gasteiger partial charge in [0.2, 0.25) is 11.8 Å². The molecule has 1 fully saturated rings. The molecule has 1 N–H and O–H groups in total. The van der Waals surface area contributed by atoms with Gasteiger partial charge in [0.05, 0.1) is 20.0 Å². The number of likely N-dealkylation sites (tertiary alicyclic amines) is 1. The van der Waals surface area contributed by atoms with Crippen molar-refractivity contribution in [2.24, 2.45) is 0 Å². The highest BCUT2D eigenvalue weighted by molar-refractivity contribution is 5.81. The minimum Gasteiger partial charge on any atom is -0.469 e. The minimum atomic E-state index is -0.383. The molecule has 0 bridgehead atoms. The summed E-state index contributed by atoms with van der Waals surface area (Å²) in [6.45, 7) is 3.31. The fraction of sp³-hybridized carbons (Fsp3) is 0.526. The zero-order valence-electron chi connectivity index (χ0n) is 14.9. The summed E-state index contributed by atoms with van der Waals surface area (Å²) in [5.74, 6) is -0.400. The highest BCUT2D eigenvalue weighted by Gasteiger charge is 2.24. The monoisotopic (exact) mass is 346 g/mol. The van der Waals surface area contributed by atoms with E-state index < -0.39 is 0 Å². The second-order valence-electron chi connectivity index (χ2n) is 6.46. The number of hydrogen-bond acceptors (Lipinski definition) is 4. The van der Waals surface area contributed by atoms with Crippen molar-refractivity contribution in [3.63, 3.8) is 0 Å². The predicted octanol–water partition coefficient (Wildman–Crippen LogP) is 1.60. The maximum absolute atomic E-state index is 12.4. The Morgan fingerprint density at radius 3 is 2.56 bits per heavy atom. The van der Waals surface area contributed by atoms with Crippen LogP contribution in [0.4, 0.5) is 0 Å². The van der Waals surface area contributed by atoms with Crippen LogP contribution >= 0.6 is 0 Å². The number of aryl methyl sites for hydroxylation is 1. The van der Waals surface area contributed by atoms with Crippen LogP contribution in [0.3, 0.4) is 0 Å². The van der Waals surface area contributed by atoms with Crippen molar-refractivity contribution in [3.8, 4) is 0 Å². The number of amides is 2. The van der Waals surface area contributed by atoms with Crippen molar-refractivity contribution in [3.05, 3.63) is 35.4 Å². The lowest BCUT2D eigenvalue weighted by Gasteiger charge is -2.32. The Labute approximate surface area is 148 Å². The Morgan fingerprint density at radius 2 is 1.92 bits per heavy atom. The van der Waals surface area contributed by atoms with Crippen LogP contribution in [0.2, 0.25) is 0 Å². The third kappa shape index (κ3) is 6.21. The quantitative estimate of drug-likeness (QED) is 0.794. The number of esters is 1. The van der Waals surface area contributed by atoms with Crippen LogP contribution in [-0.4, -0.2) is 48.9 Å². The molecule has 0 saturated carbocycles. The number of ether oxygens (including phenoxy) is 1. The van der Waals surface area contributed by atoms with Gasteiger partial charge in [-0.2, -0.15) is 0 Å². The molecule has 0 aromatic heterocycles. The second kappa shape index (κ2) is 9.20. The molecule has 2 amide bonds. The van der Waals surface area contributed by atoms with E-state index in [9.17, 15) is 14.4 Å². The van der Waals surface area contributed by atoms with E-state index in [2.05, 4.69) is 10.1 Å². The fourth-order valence-electron chi connectivity index (χ4n) is 3.00. The number of benzene rings is 1. The van der Waals surface area contributed by atoms with Crippen LogP contribution in [0.5, 0.6) is 0 Å². The molecule has 1 aliphatic heterocycles. The van der Waals surface area contributed by atoms with Crippen molar-refractivity contribution in [1.82, 2.24) is 10.2 Å². The standard InChI is InChI=1S/C19H26N2O4/c1-14-4-3-5-15(12-14)13-18(23)21-10-8-16(9-11-21)20-17(22)6-7-19(24)25-2/h3-5,12,16H,6-11,13H2,1-2H3,(H,20,22). The molecule has 1 aliphatic rings. The molecule has 0 radical (unpaired) electrons. The first kappa shape index (κ1) is 19.0. The van der Waals surface area contributed by atoms with Gasteiger partial charge in [0.15, 0.2) is 0 Å². The summed E-state index contributed by atoms with van der Waals surface area (Å²) >= 11 is 0. The Kier molecular flexibility index (Phi) is 6.98. The van der Waals surface area contributed by atoms with Crippen LogP contribution in [0.25, 0.3) is 0 Å². The molecule has 0 aliphatic carbocycles. The lowest BCUT2D eigenvalue weighted by atomic mass is 10.0. The maximum Gasteiger partial charge on any atom is 0.306 e. The van der Waals surface area contributed by atoms with Gasteiger partial charge >= 0.3 is 5.97 Å². The van der Waals surface area contributed by atoms with Gasteiger partial charge in [-0.1, -0.05) is 29.8 Å². The van der Waals surface area contributed by atoms with Gasteiger partial charge in [-0.05, 0) is 25.3 Å². The molecule has 1 saturated heterocycles. The van der Waals surface area contributed by atoms with Gasteiger partial charge in [-0.25, -0.2) is 0 Å². The van der Waals surface area contributed by atoms with Crippen LogP contribution in [0.15, 0.2) is 24.3 Å². The summed E-state index contributed by atoms with van der Waals surface area (Å²) in [4.78, 5) is 37.1. The molecular weight excluding hydrogens is 320 g/mol. The van der Waals surface area contributed by atoms with Crippen molar-refractivity contribution in [2.45, 2.75) is 45.1 Å². The zero-order chi connectivity index (χ0) is 18.2. The number of hydrogen-bond donors (Lipinski definition) is 1. The third-order valence-corrected chi connectivity index (χ3v) is 4.43. The van der Waals surface area contributed by atoms with E-state index in [1.165, 1.54) is 7.11 Å². The zero-order valence-corrected chi connectivity index (χ0v) is 14.9. The molecule has 0 atom stereocenters. The number of piperidine rings is 1. The molecule has 25 heavy (non-hydrogen) atoms. The number of methoxy groups -OCH3 is 1. The SMILES string of the molecule is COC(=O)CCC(=O)NC1CCN(C(=O)Cc2cccc(C)c2)CC1. The maximum atomic E-state index is 12.4. The van der Waals surface area contributed by atoms with Gasteiger partial charge < -0.3 is 15.0 Å². The first-order valence-corrected chi connectivity index (χ1v) is 8.67. The molecule has 136 valence electrons. The molecule has 1 aromatic rings. The summed E-state index contributed by atoms with van der Waals surface area (Å²) in [7, 11) is 1.31. The van der Waals surface area contributed by atoms with Crippen LogP contribution in [0.1, 0.15) is 36.8 Å². The van der Waals surface area contributed by atoms with Crippen LogP contribution < -0.4 is 5.32 Å². The number of rotatable bonds is 6. The molecule has 1 aromatic carbocycles.